The van der Waals surface area contributed by atoms with E-state index in [1.54, 1.807) is 0 Å². The molecule has 0 bridgehead atoms. The SMILES string of the molecule is N.N.O=C(O)CC(O)(CC(=O)O)C(=O)O.[Bi]. The van der Waals surface area contributed by atoms with Gasteiger partial charge < -0.3 is 32.7 Å². The van der Waals surface area contributed by atoms with Crippen molar-refractivity contribution in [2.75, 3.05) is 0 Å². The molecule has 0 unspecified atom stereocenters. The van der Waals surface area contributed by atoms with Crippen molar-refractivity contribution in [3.8, 4) is 0 Å². The first-order chi connectivity index (χ1) is 5.78. The third kappa shape index (κ3) is 8.48. The average Bonchev–Trinajstić information content (AvgIpc) is 1.82. The molecule has 16 heavy (non-hydrogen) atoms. The smallest absolute Gasteiger partial charge is 0.336 e. The molecule has 0 aliphatic heterocycles. The Bertz CT molecular complexity index is 241. The predicted octanol–water partition coefficient (Wildman–Crippen LogP) is -1.31. The van der Waals surface area contributed by atoms with E-state index in [1.807, 2.05) is 0 Å². The molecule has 0 aromatic rings. The van der Waals surface area contributed by atoms with Gasteiger partial charge in [0.2, 0.25) is 0 Å². The summed E-state index contributed by atoms with van der Waals surface area (Å²) < 4.78 is 0. The van der Waals surface area contributed by atoms with E-state index >= 15 is 0 Å². The quantitative estimate of drug-likeness (QED) is 0.284. The van der Waals surface area contributed by atoms with Crippen LogP contribution in [0.25, 0.3) is 0 Å². The van der Waals surface area contributed by atoms with Crippen LogP contribution in [0.1, 0.15) is 12.8 Å². The van der Waals surface area contributed by atoms with Crippen molar-refractivity contribution in [3.63, 3.8) is 0 Å². The average molecular weight is 435 g/mol. The minimum atomic E-state index is -2.74. The summed E-state index contributed by atoms with van der Waals surface area (Å²) in [4.78, 5) is 30.5. The molecule has 0 fully saturated rings. The molecule has 0 aromatic carbocycles. The second-order valence-electron chi connectivity index (χ2n) is 2.48. The number of hydrogen-bond acceptors (Lipinski definition) is 6. The predicted molar refractivity (Wildman–Crippen MR) is 52.9 cm³/mol. The molecule has 0 atom stereocenters. The van der Waals surface area contributed by atoms with Gasteiger partial charge in [0.25, 0.3) is 0 Å². The summed E-state index contributed by atoms with van der Waals surface area (Å²) in [6.45, 7) is 0. The summed E-state index contributed by atoms with van der Waals surface area (Å²) in [5.41, 5.74) is -2.74. The van der Waals surface area contributed by atoms with E-state index in [-0.39, 0.29) is 38.5 Å². The van der Waals surface area contributed by atoms with E-state index in [0.29, 0.717) is 0 Å². The summed E-state index contributed by atoms with van der Waals surface area (Å²) in [5.74, 6) is -5.02. The van der Waals surface area contributed by atoms with Crippen LogP contribution in [0, 0.1) is 0 Å². The zero-order valence-electron chi connectivity index (χ0n) is 8.29. The zero-order chi connectivity index (χ0) is 10.6. The van der Waals surface area contributed by atoms with E-state index in [0.717, 1.165) is 0 Å². The number of hydrogen-bond donors (Lipinski definition) is 6. The first kappa shape index (κ1) is 24.4. The van der Waals surface area contributed by atoms with Crippen molar-refractivity contribution in [1.29, 1.82) is 0 Å². The molecule has 0 saturated carbocycles. The maximum atomic E-state index is 10.3. The van der Waals surface area contributed by atoms with Crippen LogP contribution in [0.5, 0.6) is 0 Å². The maximum Gasteiger partial charge on any atom is 0.336 e. The van der Waals surface area contributed by atoms with Gasteiger partial charge in [0.15, 0.2) is 5.60 Å². The van der Waals surface area contributed by atoms with Crippen LogP contribution in [0.4, 0.5) is 0 Å². The monoisotopic (exact) mass is 435 g/mol. The molecule has 95 valence electrons. The molecule has 9 nitrogen and oxygen atoms in total. The van der Waals surface area contributed by atoms with E-state index < -0.39 is 36.4 Å². The Morgan fingerprint density at radius 3 is 1.25 bits per heavy atom. The Morgan fingerprint density at radius 1 is 0.875 bits per heavy atom. The Hall–Kier alpha value is -0.827. The van der Waals surface area contributed by atoms with Crippen molar-refractivity contribution in [2.45, 2.75) is 18.4 Å². The first-order valence-corrected chi connectivity index (χ1v) is 3.17. The standard InChI is InChI=1S/C6H8O7.Bi.2H3N/c7-3(8)1-6(13,5(11)12)2-4(9)10;;;/h13H,1-2H2,(H,7,8)(H,9,10)(H,11,12);;2*1H3. The minimum Gasteiger partial charge on any atom is -0.481 e. The van der Waals surface area contributed by atoms with Gasteiger partial charge in [0.1, 0.15) is 0 Å². The summed E-state index contributed by atoms with van der Waals surface area (Å²) >= 11 is 0. The van der Waals surface area contributed by atoms with Gasteiger partial charge in [0, 0.05) is 26.2 Å². The first-order valence-electron chi connectivity index (χ1n) is 3.17. The Morgan fingerprint density at radius 2 is 1.12 bits per heavy atom. The molecule has 10 N–H and O–H groups in total. The number of aliphatic carboxylic acids is 3. The third-order valence-corrected chi connectivity index (χ3v) is 1.29. The van der Waals surface area contributed by atoms with Crippen molar-refractivity contribution >= 4 is 44.1 Å². The van der Waals surface area contributed by atoms with Gasteiger partial charge in [-0.2, -0.15) is 0 Å². The van der Waals surface area contributed by atoms with Crippen LogP contribution in [0.3, 0.4) is 0 Å². The van der Waals surface area contributed by atoms with Gasteiger partial charge in [-0.25, -0.2) is 4.79 Å². The summed E-state index contributed by atoms with van der Waals surface area (Å²) in [6, 6.07) is 0. The van der Waals surface area contributed by atoms with Gasteiger partial charge in [-0.15, -0.1) is 0 Å². The second kappa shape index (κ2) is 9.40. The van der Waals surface area contributed by atoms with E-state index in [4.69, 9.17) is 20.4 Å². The molecule has 0 rings (SSSR count). The van der Waals surface area contributed by atoms with Crippen LogP contribution in [-0.2, 0) is 14.4 Å². The van der Waals surface area contributed by atoms with Gasteiger partial charge in [0.05, 0.1) is 12.8 Å². The number of carboxylic acid groups (broad SMARTS) is 3. The molecule has 10 heteroatoms. The van der Waals surface area contributed by atoms with Gasteiger partial charge in [-0.05, 0) is 0 Å². The van der Waals surface area contributed by atoms with Crippen molar-refractivity contribution in [1.82, 2.24) is 12.3 Å². The second-order valence-corrected chi connectivity index (χ2v) is 2.48. The summed E-state index contributed by atoms with van der Waals surface area (Å²) in [7, 11) is 0. The number of aliphatic hydroxyl groups is 1. The van der Waals surface area contributed by atoms with Crippen LogP contribution < -0.4 is 12.3 Å². The molecule has 0 heterocycles. The van der Waals surface area contributed by atoms with Gasteiger partial charge in [-0.3, -0.25) is 9.59 Å². The zero-order valence-corrected chi connectivity index (χ0v) is 11.8. The topological polar surface area (TPSA) is 202 Å². The Kier molecular flexibility index (Phi) is 14.3. The van der Waals surface area contributed by atoms with Gasteiger partial charge >= 0.3 is 17.9 Å². The van der Waals surface area contributed by atoms with Crippen LogP contribution in [0.15, 0.2) is 0 Å². The molecule has 0 amide bonds. The molecule has 0 aliphatic carbocycles. The van der Waals surface area contributed by atoms with E-state index in [2.05, 4.69) is 0 Å². The maximum absolute atomic E-state index is 10.3. The molecule has 0 saturated heterocycles. The largest absolute Gasteiger partial charge is 0.481 e. The van der Waals surface area contributed by atoms with Crippen molar-refractivity contribution in [2.24, 2.45) is 0 Å². The molecule has 0 spiro atoms. The van der Waals surface area contributed by atoms with Gasteiger partial charge in [-0.1, -0.05) is 0 Å². The molecular weight excluding hydrogens is 421 g/mol. The molecule has 0 aromatic heterocycles. The van der Waals surface area contributed by atoms with Crippen LogP contribution in [-0.4, -0.2) is 70.1 Å². The molecular formula is C6H14BiN2O7. The number of carbonyl (C=O) groups is 3. The fourth-order valence-corrected chi connectivity index (χ4v) is 0.714. The van der Waals surface area contributed by atoms with E-state index in [1.165, 1.54) is 0 Å². The number of rotatable bonds is 5. The fraction of sp³-hybridized carbons (Fsp3) is 0.500. The Labute approximate surface area is 110 Å². The third-order valence-electron chi connectivity index (χ3n) is 1.29. The molecule has 0 aliphatic rings. The van der Waals surface area contributed by atoms with E-state index in [9.17, 15) is 14.4 Å². The van der Waals surface area contributed by atoms with Crippen LogP contribution in [0.2, 0.25) is 0 Å². The summed E-state index contributed by atoms with van der Waals surface area (Å²) in [5, 5.41) is 33.8. The molecule has 3 radical (unpaired) electrons. The number of carboxylic acids is 3. The van der Waals surface area contributed by atoms with Crippen molar-refractivity contribution < 1.29 is 34.8 Å². The Balaban J connectivity index is -0.000000240. The fourth-order valence-electron chi connectivity index (χ4n) is 0.714. The van der Waals surface area contributed by atoms with Crippen molar-refractivity contribution in [3.05, 3.63) is 0 Å². The normalized spacial score (nSPS) is 8.81. The minimum absolute atomic E-state index is 0. The summed E-state index contributed by atoms with van der Waals surface area (Å²) in [6.07, 6.45) is -2.29. The van der Waals surface area contributed by atoms with Crippen LogP contribution >= 0.6 is 0 Å².